The lowest BCUT2D eigenvalue weighted by atomic mass is 10.1. The van der Waals surface area contributed by atoms with Gasteiger partial charge in [0.1, 0.15) is 12.4 Å². The zero-order chi connectivity index (χ0) is 14.2. The van der Waals surface area contributed by atoms with Gasteiger partial charge in [-0.1, -0.05) is 24.0 Å². The van der Waals surface area contributed by atoms with E-state index in [1.807, 2.05) is 12.1 Å². The molecule has 0 spiro atoms. The number of rotatable bonds is 4. The molecule has 0 saturated carbocycles. The lowest BCUT2D eigenvalue weighted by Gasteiger charge is -2.06. The second-order valence-corrected chi connectivity index (χ2v) is 4.09. The van der Waals surface area contributed by atoms with E-state index in [1.54, 1.807) is 30.5 Å². The van der Waals surface area contributed by atoms with Crippen LogP contribution in [0.4, 0.5) is 0 Å². The number of hydrogen-bond donors (Lipinski definition) is 2. The van der Waals surface area contributed by atoms with Crippen molar-refractivity contribution in [3.8, 4) is 11.8 Å². The Labute approximate surface area is 117 Å². The minimum absolute atomic E-state index is 0.181. The molecule has 1 amide bonds. The van der Waals surface area contributed by atoms with Crippen molar-refractivity contribution in [3.63, 3.8) is 0 Å². The third-order valence-electron chi connectivity index (χ3n) is 2.71. The van der Waals surface area contributed by atoms with Crippen LogP contribution in [0.25, 0.3) is 0 Å². The Hall–Kier alpha value is -2.51. The molecule has 0 aliphatic carbocycles. The first-order valence-corrected chi connectivity index (χ1v) is 6.30. The van der Waals surface area contributed by atoms with Crippen molar-refractivity contribution < 1.29 is 14.3 Å². The number of aliphatic hydroxyl groups is 1. The van der Waals surface area contributed by atoms with Gasteiger partial charge in [0.05, 0.1) is 11.8 Å². The van der Waals surface area contributed by atoms with E-state index in [1.165, 1.54) is 0 Å². The zero-order valence-corrected chi connectivity index (χ0v) is 10.9. The highest BCUT2D eigenvalue weighted by Gasteiger charge is 2.09. The molecule has 0 fully saturated rings. The molecule has 0 unspecified atom stereocenters. The van der Waals surface area contributed by atoms with Gasteiger partial charge < -0.3 is 14.8 Å². The molecule has 20 heavy (non-hydrogen) atoms. The van der Waals surface area contributed by atoms with Crippen molar-refractivity contribution in [1.82, 2.24) is 5.32 Å². The normalized spacial score (nSPS) is 9.65. The summed E-state index contributed by atoms with van der Waals surface area (Å²) in [6, 6.07) is 10.7. The first-order chi connectivity index (χ1) is 9.81. The van der Waals surface area contributed by atoms with E-state index in [2.05, 4.69) is 17.2 Å². The highest BCUT2D eigenvalue weighted by Crippen LogP contribution is 2.07. The van der Waals surface area contributed by atoms with Crippen LogP contribution in [0.15, 0.2) is 47.1 Å². The number of aliphatic hydroxyl groups excluding tert-OH is 1. The summed E-state index contributed by atoms with van der Waals surface area (Å²) in [7, 11) is 0. The van der Waals surface area contributed by atoms with Crippen molar-refractivity contribution in [2.24, 2.45) is 0 Å². The molecule has 0 saturated heterocycles. The van der Waals surface area contributed by atoms with Gasteiger partial charge in [-0.3, -0.25) is 4.79 Å². The van der Waals surface area contributed by atoms with Gasteiger partial charge >= 0.3 is 0 Å². The van der Waals surface area contributed by atoms with Crippen LogP contribution >= 0.6 is 0 Å². The Balaban J connectivity index is 1.98. The van der Waals surface area contributed by atoms with Crippen LogP contribution in [-0.2, 0) is 6.42 Å². The summed E-state index contributed by atoms with van der Waals surface area (Å²) in [5.74, 6) is 5.97. The Morgan fingerprint density at radius 3 is 2.85 bits per heavy atom. The van der Waals surface area contributed by atoms with Gasteiger partial charge in [0.2, 0.25) is 0 Å². The molecule has 1 aromatic carbocycles. The zero-order valence-electron chi connectivity index (χ0n) is 10.9. The molecule has 0 bridgehead atoms. The summed E-state index contributed by atoms with van der Waals surface area (Å²) in [5, 5.41) is 11.5. The number of carbonyl (C=O) groups excluding carboxylic acids is 1. The van der Waals surface area contributed by atoms with E-state index in [-0.39, 0.29) is 12.5 Å². The average Bonchev–Trinajstić information content (AvgIpc) is 2.98. The lowest BCUT2D eigenvalue weighted by Crippen LogP contribution is -2.26. The van der Waals surface area contributed by atoms with Gasteiger partial charge in [-0.2, -0.15) is 0 Å². The number of nitrogens with one attached hydrogen (secondary N) is 1. The third kappa shape index (κ3) is 3.74. The molecule has 4 heteroatoms. The maximum absolute atomic E-state index is 12.1. The highest BCUT2D eigenvalue weighted by atomic mass is 16.3. The van der Waals surface area contributed by atoms with E-state index in [0.29, 0.717) is 24.1 Å². The monoisotopic (exact) mass is 269 g/mol. The maximum Gasteiger partial charge on any atom is 0.252 e. The van der Waals surface area contributed by atoms with Crippen molar-refractivity contribution in [1.29, 1.82) is 0 Å². The van der Waals surface area contributed by atoms with Crippen LogP contribution in [0.2, 0.25) is 0 Å². The van der Waals surface area contributed by atoms with Crippen LogP contribution in [-0.4, -0.2) is 24.2 Å². The summed E-state index contributed by atoms with van der Waals surface area (Å²) in [4.78, 5) is 12.1. The Morgan fingerprint density at radius 1 is 1.25 bits per heavy atom. The molecule has 4 nitrogen and oxygen atoms in total. The molecule has 0 radical (unpaired) electrons. The predicted octanol–water partition coefficient (Wildman–Crippen LogP) is 1.60. The molecule has 1 heterocycles. The number of benzene rings is 1. The molecular weight excluding hydrogens is 254 g/mol. The van der Waals surface area contributed by atoms with Crippen LogP contribution in [0.1, 0.15) is 21.7 Å². The summed E-state index contributed by atoms with van der Waals surface area (Å²) in [6.07, 6.45) is 2.25. The maximum atomic E-state index is 12.1. The molecule has 2 N–H and O–H groups in total. The predicted molar refractivity (Wildman–Crippen MR) is 75.2 cm³/mol. The van der Waals surface area contributed by atoms with Gasteiger partial charge in [-0.05, 0) is 24.3 Å². The lowest BCUT2D eigenvalue weighted by molar-refractivity contribution is 0.0953. The largest absolute Gasteiger partial charge is 0.469 e. The van der Waals surface area contributed by atoms with Crippen molar-refractivity contribution in [2.75, 3.05) is 13.2 Å². The second kappa shape index (κ2) is 7.17. The minimum atomic E-state index is -0.228. The molecule has 0 atom stereocenters. The Morgan fingerprint density at radius 2 is 2.10 bits per heavy atom. The van der Waals surface area contributed by atoms with Gasteiger partial charge in [0, 0.05) is 18.5 Å². The van der Waals surface area contributed by atoms with E-state index in [4.69, 9.17) is 9.52 Å². The van der Waals surface area contributed by atoms with Gasteiger partial charge in [-0.25, -0.2) is 0 Å². The fourth-order valence-corrected chi connectivity index (χ4v) is 1.77. The minimum Gasteiger partial charge on any atom is -0.469 e. The Bertz CT molecular complexity index is 621. The topological polar surface area (TPSA) is 62.5 Å². The quantitative estimate of drug-likeness (QED) is 0.829. The van der Waals surface area contributed by atoms with Crippen molar-refractivity contribution in [3.05, 3.63) is 59.5 Å². The van der Waals surface area contributed by atoms with Crippen LogP contribution in [0, 0.1) is 11.8 Å². The summed E-state index contributed by atoms with van der Waals surface area (Å²) in [5.41, 5.74) is 1.12. The standard InChI is InChI=1S/C16H15NO3/c18-11-3-6-13-5-1-2-8-15(13)16(19)17-10-9-14-7-4-12-20-14/h1-2,4-5,7-8,12,18H,9-11H2,(H,17,19). The van der Waals surface area contributed by atoms with E-state index >= 15 is 0 Å². The fourth-order valence-electron chi connectivity index (χ4n) is 1.77. The molecule has 2 aromatic rings. The summed E-state index contributed by atoms with van der Waals surface area (Å²) < 4.78 is 5.20. The first kappa shape index (κ1) is 13.9. The van der Waals surface area contributed by atoms with E-state index in [0.717, 1.165) is 5.76 Å². The molecule has 2 rings (SSSR count). The molecule has 1 aromatic heterocycles. The smallest absolute Gasteiger partial charge is 0.252 e. The number of amides is 1. The molecule has 102 valence electrons. The van der Waals surface area contributed by atoms with Crippen LogP contribution < -0.4 is 5.32 Å². The second-order valence-electron chi connectivity index (χ2n) is 4.09. The summed E-state index contributed by atoms with van der Waals surface area (Å²) in [6.45, 7) is 0.266. The van der Waals surface area contributed by atoms with E-state index in [9.17, 15) is 4.79 Å². The van der Waals surface area contributed by atoms with Gasteiger partial charge in [-0.15, -0.1) is 0 Å². The SMILES string of the molecule is O=C(NCCc1ccco1)c1ccccc1C#CCO. The molecule has 0 aliphatic heterocycles. The fraction of sp³-hybridized carbons (Fsp3) is 0.188. The van der Waals surface area contributed by atoms with Crippen LogP contribution in [0.5, 0.6) is 0 Å². The number of furan rings is 1. The van der Waals surface area contributed by atoms with Gasteiger partial charge in [0.25, 0.3) is 5.91 Å². The van der Waals surface area contributed by atoms with E-state index < -0.39 is 0 Å². The van der Waals surface area contributed by atoms with Crippen molar-refractivity contribution in [2.45, 2.75) is 6.42 Å². The molecular formula is C16H15NO3. The number of hydrogen-bond acceptors (Lipinski definition) is 3. The summed E-state index contributed by atoms with van der Waals surface area (Å²) >= 11 is 0. The van der Waals surface area contributed by atoms with Gasteiger partial charge in [0.15, 0.2) is 0 Å². The number of carbonyl (C=O) groups is 1. The average molecular weight is 269 g/mol. The van der Waals surface area contributed by atoms with Crippen molar-refractivity contribution >= 4 is 5.91 Å². The molecule has 0 aliphatic rings. The first-order valence-electron chi connectivity index (χ1n) is 6.30. The Kier molecular flexibility index (Phi) is 4.99. The third-order valence-corrected chi connectivity index (χ3v) is 2.71. The van der Waals surface area contributed by atoms with Crippen LogP contribution in [0.3, 0.4) is 0 Å². The highest BCUT2D eigenvalue weighted by molar-refractivity contribution is 5.96.